The van der Waals surface area contributed by atoms with Crippen molar-refractivity contribution in [3.05, 3.63) is 29.6 Å². The van der Waals surface area contributed by atoms with E-state index in [2.05, 4.69) is 15.6 Å². The van der Waals surface area contributed by atoms with Gasteiger partial charge in [-0.25, -0.2) is 4.98 Å². The number of aromatic nitrogens is 1. The zero-order valence-corrected chi connectivity index (χ0v) is 11.6. The molecule has 0 bridgehead atoms. The number of hydrogen-bond donors (Lipinski definition) is 2. The maximum Gasteiger partial charge on any atom is 0.250 e. The van der Waals surface area contributed by atoms with Gasteiger partial charge in [0.2, 0.25) is 5.91 Å². The van der Waals surface area contributed by atoms with Gasteiger partial charge < -0.3 is 15.4 Å². The Morgan fingerprint density at radius 3 is 3.00 bits per heavy atom. The first-order chi connectivity index (χ1) is 9.22. The molecule has 1 aromatic carbocycles. The van der Waals surface area contributed by atoms with Crippen molar-refractivity contribution >= 4 is 28.1 Å². The fourth-order valence-electron chi connectivity index (χ4n) is 1.61. The average Bonchev–Trinajstić information content (AvgIpc) is 2.88. The van der Waals surface area contributed by atoms with Gasteiger partial charge in [-0.05, 0) is 12.1 Å². The Kier molecular flexibility index (Phi) is 4.48. The normalized spacial score (nSPS) is 10.2. The monoisotopic (exact) mass is 277 g/mol. The Balaban J connectivity index is 2.16. The molecule has 0 spiro atoms. The first kappa shape index (κ1) is 13.5. The largest absolute Gasteiger partial charge is 0.375 e. The van der Waals surface area contributed by atoms with Gasteiger partial charge in [0.15, 0.2) is 5.13 Å². The van der Waals surface area contributed by atoms with Crippen LogP contribution in [-0.2, 0) is 9.53 Å². The number of carbonyl (C=O) groups excluding carboxylic acids is 1. The molecule has 0 saturated carbocycles. The van der Waals surface area contributed by atoms with Crippen LogP contribution in [0.1, 0.15) is 0 Å². The molecule has 2 rings (SSSR count). The van der Waals surface area contributed by atoms with Crippen LogP contribution in [0.3, 0.4) is 0 Å². The van der Waals surface area contributed by atoms with Crippen molar-refractivity contribution < 1.29 is 9.53 Å². The summed E-state index contributed by atoms with van der Waals surface area (Å²) in [6, 6.07) is 7.57. The number of carbonyl (C=O) groups is 1. The van der Waals surface area contributed by atoms with Crippen LogP contribution in [0.2, 0.25) is 0 Å². The van der Waals surface area contributed by atoms with E-state index < -0.39 is 0 Å². The SMILES string of the molecule is CNc1nc(-c2cccc(NC(=O)COC)c2)cs1. The van der Waals surface area contributed by atoms with Gasteiger partial charge in [0.25, 0.3) is 0 Å². The molecule has 6 heteroatoms. The van der Waals surface area contributed by atoms with E-state index in [1.807, 2.05) is 36.7 Å². The Bertz CT molecular complexity index is 569. The predicted molar refractivity (Wildman–Crippen MR) is 77.6 cm³/mol. The van der Waals surface area contributed by atoms with E-state index in [4.69, 9.17) is 4.74 Å². The summed E-state index contributed by atoms with van der Waals surface area (Å²) in [6.07, 6.45) is 0. The number of amides is 1. The van der Waals surface area contributed by atoms with Crippen LogP contribution in [-0.4, -0.2) is 31.7 Å². The van der Waals surface area contributed by atoms with E-state index in [0.29, 0.717) is 0 Å². The number of nitrogens with one attached hydrogen (secondary N) is 2. The van der Waals surface area contributed by atoms with Crippen LogP contribution < -0.4 is 10.6 Å². The van der Waals surface area contributed by atoms with Crippen LogP contribution in [0.25, 0.3) is 11.3 Å². The molecule has 0 unspecified atom stereocenters. The minimum atomic E-state index is -0.172. The van der Waals surface area contributed by atoms with Crippen molar-refractivity contribution in [2.24, 2.45) is 0 Å². The van der Waals surface area contributed by atoms with Crippen LogP contribution >= 0.6 is 11.3 Å². The molecule has 2 N–H and O–H groups in total. The zero-order chi connectivity index (χ0) is 13.7. The lowest BCUT2D eigenvalue weighted by Crippen LogP contribution is -2.16. The molecule has 19 heavy (non-hydrogen) atoms. The van der Waals surface area contributed by atoms with Crippen LogP contribution in [0.5, 0.6) is 0 Å². The van der Waals surface area contributed by atoms with Crippen LogP contribution in [0.15, 0.2) is 29.6 Å². The fraction of sp³-hybridized carbons (Fsp3) is 0.231. The van der Waals surface area contributed by atoms with Crippen molar-refractivity contribution in [1.82, 2.24) is 4.98 Å². The summed E-state index contributed by atoms with van der Waals surface area (Å²) in [5, 5.41) is 8.61. The third-order valence-electron chi connectivity index (χ3n) is 2.44. The number of methoxy groups -OCH3 is 1. The highest BCUT2D eigenvalue weighted by atomic mass is 32.1. The number of nitrogens with zero attached hydrogens (tertiary/aromatic N) is 1. The number of rotatable bonds is 5. The topological polar surface area (TPSA) is 63.2 Å². The second-order valence-corrected chi connectivity index (χ2v) is 4.71. The molecule has 0 aliphatic carbocycles. The molecule has 1 heterocycles. The molecule has 2 aromatic rings. The molecule has 0 radical (unpaired) electrons. The number of benzene rings is 1. The Hall–Kier alpha value is -1.92. The van der Waals surface area contributed by atoms with Crippen molar-refractivity contribution in [2.75, 3.05) is 31.4 Å². The lowest BCUT2D eigenvalue weighted by Gasteiger charge is -2.05. The van der Waals surface area contributed by atoms with Gasteiger partial charge in [-0.1, -0.05) is 12.1 Å². The lowest BCUT2D eigenvalue weighted by molar-refractivity contribution is -0.119. The molecule has 0 saturated heterocycles. The second-order valence-electron chi connectivity index (χ2n) is 3.85. The summed E-state index contributed by atoms with van der Waals surface area (Å²) >= 11 is 1.54. The molecule has 0 aliphatic rings. The Morgan fingerprint density at radius 1 is 1.47 bits per heavy atom. The van der Waals surface area contributed by atoms with Crippen molar-refractivity contribution in [3.63, 3.8) is 0 Å². The molecular weight excluding hydrogens is 262 g/mol. The zero-order valence-electron chi connectivity index (χ0n) is 10.8. The molecular formula is C13H15N3O2S. The van der Waals surface area contributed by atoms with Crippen LogP contribution in [0.4, 0.5) is 10.8 Å². The molecule has 5 nitrogen and oxygen atoms in total. The fourth-order valence-corrected chi connectivity index (χ4v) is 2.29. The third-order valence-corrected chi connectivity index (χ3v) is 3.30. The van der Waals surface area contributed by atoms with Gasteiger partial charge in [0, 0.05) is 30.8 Å². The quantitative estimate of drug-likeness (QED) is 0.881. The first-order valence-electron chi connectivity index (χ1n) is 5.75. The maximum absolute atomic E-state index is 11.5. The van der Waals surface area contributed by atoms with Gasteiger partial charge in [-0.15, -0.1) is 11.3 Å². The molecule has 100 valence electrons. The number of ether oxygens (including phenoxy) is 1. The number of anilines is 2. The predicted octanol–water partition coefficient (Wildman–Crippen LogP) is 2.44. The lowest BCUT2D eigenvalue weighted by atomic mass is 10.1. The molecule has 0 fully saturated rings. The summed E-state index contributed by atoms with van der Waals surface area (Å²) in [5.41, 5.74) is 2.59. The van der Waals surface area contributed by atoms with E-state index in [1.54, 1.807) is 11.3 Å². The summed E-state index contributed by atoms with van der Waals surface area (Å²) < 4.78 is 4.78. The van der Waals surface area contributed by atoms with Crippen molar-refractivity contribution in [3.8, 4) is 11.3 Å². The van der Waals surface area contributed by atoms with Gasteiger partial charge in [-0.2, -0.15) is 0 Å². The van der Waals surface area contributed by atoms with Crippen molar-refractivity contribution in [1.29, 1.82) is 0 Å². The highest BCUT2D eigenvalue weighted by Gasteiger charge is 2.06. The third kappa shape index (κ3) is 3.52. The Morgan fingerprint density at radius 2 is 2.32 bits per heavy atom. The summed E-state index contributed by atoms with van der Waals surface area (Å²) in [5.74, 6) is -0.172. The molecule has 0 atom stereocenters. The van der Waals surface area contributed by atoms with E-state index in [-0.39, 0.29) is 12.5 Å². The highest BCUT2D eigenvalue weighted by molar-refractivity contribution is 7.14. The summed E-state index contributed by atoms with van der Waals surface area (Å²) in [6.45, 7) is 0.0465. The summed E-state index contributed by atoms with van der Waals surface area (Å²) in [7, 11) is 3.33. The minimum Gasteiger partial charge on any atom is -0.375 e. The minimum absolute atomic E-state index is 0.0465. The van der Waals surface area contributed by atoms with E-state index in [0.717, 1.165) is 22.1 Å². The summed E-state index contributed by atoms with van der Waals surface area (Å²) in [4.78, 5) is 15.9. The van der Waals surface area contributed by atoms with E-state index in [1.165, 1.54) is 7.11 Å². The Labute approximate surface area is 115 Å². The molecule has 1 aromatic heterocycles. The van der Waals surface area contributed by atoms with Gasteiger partial charge >= 0.3 is 0 Å². The first-order valence-corrected chi connectivity index (χ1v) is 6.63. The number of thiazole rings is 1. The highest BCUT2D eigenvalue weighted by Crippen LogP contribution is 2.26. The smallest absolute Gasteiger partial charge is 0.250 e. The second kappa shape index (κ2) is 6.31. The molecule has 1 amide bonds. The van der Waals surface area contributed by atoms with E-state index in [9.17, 15) is 4.79 Å². The van der Waals surface area contributed by atoms with Crippen molar-refractivity contribution in [2.45, 2.75) is 0 Å². The van der Waals surface area contributed by atoms with E-state index >= 15 is 0 Å². The molecule has 0 aliphatic heterocycles. The van der Waals surface area contributed by atoms with Gasteiger partial charge in [0.05, 0.1) is 5.69 Å². The average molecular weight is 277 g/mol. The van der Waals surface area contributed by atoms with Gasteiger partial charge in [-0.3, -0.25) is 4.79 Å². The van der Waals surface area contributed by atoms with Crippen LogP contribution in [0, 0.1) is 0 Å². The maximum atomic E-state index is 11.5. The number of hydrogen-bond acceptors (Lipinski definition) is 5. The standard InChI is InChI=1S/C13H15N3O2S/c1-14-13-16-11(8-19-13)9-4-3-5-10(6-9)15-12(17)7-18-2/h3-6,8H,7H2,1-2H3,(H,14,16)(H,15,17). The van der Waals surface area contributed by atoms with Gasteiger partial charge in [0.1, 0.15) is 6.61 Å².